The Balaban J connectivity index is 1.89. The zero-order chi connectivity index (χ0) is 31.5. The van der Waals surface area contributed by atoms with Crippen LogP contribution in [-0.4, -0.2) is 18.1 Å². The van der Waals surface area contributed by atoms with Gasteiger partial charge in [-0.2, -0.15) is 0 Å². The van der Waals surface area contributed by atoms with Crippen LogP contribution in [0.15, 0.2) is 109 Å². The third kappa shape index (κ3) is 6.99. The Bertz CT molecular complexity index is 1410. The van der Waals surface area contributed by atoms with Crippen molar-refractivity contribution in [2.24, 2.45) is 5.92 Å². The van der Waals surface area contributed by atoms with Crippen molar-refractivity contribution in [3.63, 3.8) is 0 Å². The number of alkyl halides is 6. The summed E-state index contributed by atoms with van der Waals surface area (Å²) in [6.45, 7) is 3.89. The van der Waals surface area contributed by atoms with E-state index >= 15 is 0 Å². The summed E-state index contributed by atoms with van der Waals surface area (Å²) >= 11 is 4.31. The molecule has 0 fully saturated rings. The summed E-state index contributed by atoms with van der Waals surface area (Å²) in [5.41, 5.74) is -3.78. The van der Waals surface area contributed by atoms with E-state index in [4.69, 9.17) is 0 Å². The maximum atomic E-state index is 13.6. The standard InChI is InChI=1S/C33H31BrF6NOP/c1-23(2)18-27(41-31(42)24-19-25(32(35,36)37)21-26(20-24)33(38,39)40)22-43(34,28-12-6-3-7-13-28,29-14-8-4-9-15-29)30-16-10-5-11-17-30/h3-17,19-21,23,27H,18,22H2,1-2H3,(H,41,42)/t27-/m0/s1. The van der Waals surface area contributed by atoms with Crippen LogP contribution < -0.4 is 21.2 Å². The quantitative estimate of drug-likeness (QED) is 0.139. The number of nitrogens with one attached hydrogen (secondary N) is 1. The predicted molar refractivity (Wildman–Crippen MR) is 166 cm³/mol. The van der Waals surface area contributed by atoms with E-state index in [1.807, 2.05) is 105 Å². The van der Waals surface area contributed by atoms with Crippen LogP contribution in [0.5, 0.6) is 0 Å². The normalized spacial score (nSPS) is 14.1. The molecule has 4 aromatic carbocycles. The summed E-state index contributed by atoms with van der Waals surface area (Å²) in [5.74, 6) is -0.963. The van der Waals surface area contributed by atoms with Crippen molar-refractivity contribution in [2.45, 2.75) is 38.7 Å². The summed E-state index contributed by atoms with van der Waals surface area (Å²) < 4.78 is 81.4. The van der Waals surface area contributed by atoms with E-state index in [0.29, 0.717) is 24.7 Å². The molecule has 0 saturated carbocycles. The van der Waals surface area contributed by atoms with Crippen LogP contribution >= 0.6 is 20.8 Å². The monoisotopic (exact) mass is 681 g/mol. The predicted octanol–water partition coefficient (Wildman–Crippen LogP) is 8.71. The molecular formula is C33H31BrF6NOP. The maximum absolute atomic E-state index is 13.6. The van der Waals surface area contributed by atoms with Gasteiger partial charge in [-0.1, -0.05) is 0 Å². The fourth-order valence-electron chi connectivity index (χ4n) is 5.50. The van der Waals surface area contributed by atoms with Gasteiger partial charge in [-0.25, -0.2) is 0 Å². The van der Waals surface area contributed by atoms with Gasteiger partial charge in [0, 0.05) is 0 Å². The zero-order valence-corrected chi connectivity index (χ0v) is 25.9. The fourth-order valence-corrected chi connectivity index (χ4v) is 13.6. The van der Waals surface area contributed by atoms with Gasteiger partial charge >= 0.3 is 256 Å². The summed E-state index contributed by atoms with van der Waals surface area (Å²) in [6, 6.07) is 29.5. The van der Waals surface area contributed by atoms with E-state index in [9.17, 15) is 31.1 Å². The van der Waals surface area contributed by atoms with Gasteiger partial charge in [0.2, 0.25) is 0 Å². The number of amides is 1. The molecular weight excluding hydrogens is 651 g/mol. The van der Waals surface area contributed by atoms with Crippen molar-refractivity contribution in [1.82, 2.24) is 5.32 Å². The Morgan fingerprint density at radius 2 is 1.07 bits per heavy atom. The number of hydrogen-bond acceptors (Lipinski definition) is 1. The molecule has 1 N–H and O–H groups in total. The second-order valence-electron chi connectivity index (χ2n) is 11.0. The molecule has 2 nitrogen and oxygen atoms in total. The molecule has 0 aliphatic rings. The van der Waals surface area contributed by atoms with Crippen molar-refractivity contribution >= 4 is 42.6 Å². The molecule has 0 aliphatic carbocycles. The molecule has 0 aliphatic heterocycles. The summed E-state index contributed by atoms with van der Waals surface area (Å²) in [5, 5.41) is 2.14. The van der Waals surface area contributed by atoms with Crippen molar-refractivity contribution in [3.8, 4) is 0 Å². The second kappa shape index (κ2) is 12.4. The van der Waals surface area contributed by atoms with E-state index in [0.717, 1.165) is 15.9 Å². The number of carbonyl (C=O) groups is 1. The molecule has 0 spiro atoms. The van der Waals surface area contributed by atoms with E-state index in [-0.39, 0.29) is 12.0 Å². The fraction of sp³-hybridized carbons (Fsp3) is 0.242. The summed E-state index contributed by atoms with van der Waals surface area (Å²) in [7, 11) is 0. The molecule has 228 valence electrons. The first-order valence-electron chi connectivity index (χ1n) is 13.6. The number of benzene rings is 4. The molecule has 10 heteroatoms. The summed E-state index contributed by atoms with van der Waals surface area (Å²) in [4.78, 5) is 13.5. The first-order valence-corrected chi connectivity index (χ1v) is 18.1. The minimum absolute atomic E-state index is 0.0214. The molecule has 43 heavy (non-hydrogen) atoms. The van der Waals surface area contributed by atoms with E-state index in [1.54, 1.807) is 0 Å². The van der Waals surface area contributed by atoms with Crippen LogP contribution in [-0.2, 0) is 12.4 Å². The molecule has 4 aromatic rings. The Morgan fingerprint density at radius 3 is 1.40 bits per heavy atom. The molecule has 0 saturated heterocycles. The van der Waals surface area contributed by atoms with Crippen LogP contribution in [0.1, 0.15) is 41.8 Å². The third-order valence-electron chi connectivity index (χ3n) is 7.39. The van der Waals surface area contributed by atoms with E-state index < -0.39 is 46.3 Å². The number of halogens is 7. The van der Waals surface area contributed by atoms with Crippen LogP contribution in [0.25, 0.3) is 0 Å². The van der Waals surface area contributed by atoms with Gasteiger partial charge in [0.15, 0.2) is 0 Å². The Labute approximate surface area is 255 Å². The SMILES string of the molecule is CC(C)C[C@@H](CP(Br)(c1ccccc1)(c1ccccc1)c1ccccc1)NC(=O)c1cc(C(F)(F)F)cc(C(F)(F)F)c1. The average molecular weight is 682 g/mol. The van der Waals surface area contributed by atoms with Gasteiger partial charge in [0.1, 0.15) is 0 Å². The minimum atomic E-state index is -5.07. The number of carbonyl (C=O) groups excluding carboxylic acids is 1. The molecule has 0 radical (unpaired) electrons. The van der Waals surface area contributed by atoms with Crippen molar-refractivity contribution < 1.29 is 31.1 Å². The molecule has 0 bridgehead atoms. The molecule has 0 unspecified atom stereocenters. The zero-order valence-electron chi connectivity index (χ0n) is 23.5. The summed E-state index contributed by atoms with van der Waals surface area (Å²) in [6.07, 6.45) is -9.39. The average Bonchev–Trinajstić information content (AvgIpc) is 2.97. The van der Waals surface area contributed by atoms with Crippen LogP contribution in [0.2, 0.25) is 0 Å². The molecule has 1 amide bonds. The van der Waals surface area contributed by atoms with E-state index in [2.05, 4.69) is 20.8 Å². The van der Waals surface area contributed by atoms with E-state index in [1.165, 1.54) is 0 Å². The van der Waals surface area contributed by atoms with Gasteiger partial charge < -0.3 is 0 Å². The van der Waals surface area contributed by atoms with Gasteiger partial charge in [0.05, 0.1) is 0 Å². The third-order valence-corrected chi connectivity index (χ3v) is 17.2. The first-order chi connectivity index (χ1) is 20.1. The van der Waals surface area contributed by atoms with Crippen LogP contribution in [0.3, 0.4) is 0 Å². The Hall–Kier alpha value is -3.16. The number of hydrogen-bond donors (Lipinski definition) is 1. The van der Waals surface area contributed by atoms with Crippen molar-refractivity contribution in [2.75, 3.05) is 6.16 Å². The molecule has 0 heterocycles. The topological polar surface area (TPSA) is 29.1 Å². The van der Waals surface area contributed by atoms with Gasteiger partial charge in [-0.05, 0) is 0 Å². The van der Waals surface area contributed by atoms with Crippen molar-refractivity contribution in [3.05, 3.63) is 126 Å². The first kappa shape index (κ1) is 32.7. The van der Waals surface area contributed by atoms with Crippen LogP contribution in [0, 0.1) is 5.92 Å². The molecule has 4 rings (SSSR count). The van der Waals surface area contributed by atoms with Gasteiger partial charge in [-0.15, -0.1) is 0 Å². The molecule has 0 aromatic heterocycles. The second-order valence-corrected chi connectivity index (χ2v) is 19.9. The number of rotatable bonds is 9. The Morgan fingerprint density at radius 1 is 0.698 bits per heavy atom. The van der Waals surface area contributed by atoms with Crippen LogP contribution in [0.4, 0.5) is 26.3 Å². The van der Waals surface area contributed by atoms with Gasteiger partial charge in [0.25, 0.3) is 0 Å². The van der Waals surface area contributed by atoms with Crippen molar-refractivity contribution in [1.29, 1.82) is 0 Å². The molecule has 1 atom stereocenters. The Kier molecular flexibility index (Phi) is 9.48. The van der Waals surface area contributed by atoms with Gasteiger partial charge in [-0.3, -0.25) is 0 Å².